The van der Waals surface area contributed by atoms with E-state index in [0.717, 1.165) is 89.9 Å². The summed E-state index contributed by atoms with van der Waals surface area (Å²) >= 11 is 0. The van der Waals surface area contributed by atoms with Gasteiger partial charge in [-0.05, 0) is 25.7 Å². The first-order chi connectivity index (χ1) is 57.7. The summed E-state index contributed by atoms with van der Waals surface area (Å²) in [5.41, 5.74) is 0. The van der Waals surface area contributed by atoms with Gasteiger partial charge in [0.05, 0.1) is 19.3 Å². The molecule has 0 aromatic carbocycles. The minimum absolute atomic E-state index is 0.0468. The average molecular weight is 1420 g/mol. The molecule has 0 aromatic heterocycles. The van der Waals surface area contributed by atoms with Crippen molar-refractivity contribution < 1.29 is 151 Å². The smallest absolute Gasteiger partial charge is 0.303 e. The molecule has 0 aromatic rings. The monoisotopic (exact) mass is 1420 g/mol. The minimum Gasteiger partial charge on any atom is -0.463 e. The van der Waals surface area contributed by atoms with Crippen LogP contribution in [0.5, 0.6) is 0 Å². The maximum Gasteiger partial charge on any atom is 0.303 e. The van der Waals surface area contributed by atoms with Crippen molar-refractivity contribution in [1.29, 1.82) is 0 Å². The van der Waals surface area contributed by atoms with E-state index in [2.05, 4.69) is 24.5 Å². The molecule has 26 nitrogen and oxygen atoms in total. The maximum absolute atomic E-state index is 15.3. The summed E-state index contributed by atoms with van der Waals surface area (Å²) < 4.78 is 285. The highest BCUT2D eigenvalue weighted by Crippen LogP contribution is 2.34. The van der Waals surface area contributed by atoms with E-state index in [0.29, 0.717) is 32.6 Å². The predicted octanol–water partition coefficient (Wildman–Crippen LogP) is 10.8. The van der Waals surface area contributed by atoms with Gasteiger partial charge in [-0.3, -0.25) is 52.7 Å². The maximum atomic E-state index is 15.3. The van der Waals surface area contributed by atoms with Gasteiger partial charge in [0.25, 0.3) is 5.91 Å². The van der Waals surface area contributed by atoms with Gasteiger partial charge in [-0.25, -0.2) is 0 Å². The molecule has 0 unspecified atom stereocenters. The van der Waals surface area contributed by atoms with Crippen LogP contribution in [-0.2, 0) is 114 Å². The zero-order valence-electron chi connectivity index (χ0n) is 83.4. The minimum atomic E-state index is -4.04. The molecule has 2 rings (SSSR count). The van der Waals surface area contributed by atoms with E-state index in [-0.39, 0.29) is 19.3 Å². The highest BCUT2D eigenvalue weighted by atomic mass is 16.8. The molecule has 2 aliphatic heterocycles. The molecule has 26 heteroatoms. The van der Waals surface area contributed by atoms with Crippen molar-refractivity contribution >= 4 is 65.5 Å². The second kappa shape index (κ2) is 51.8. The lowest BCUT2D eigenvalue weighted by atomic mass is 9.95. The molecule has 0 saturated carbocycles. The molecular formula is C72H120N2O24. The number of hydrogen-bond acceptors (Lipinski definition) is 24. The van der Waals surface area contributed by atoms with Crippen LogP contribution >= 0.6 is 0 Å². The highest BCUT2D eigenvalue weighted by molar-refractivity contribution is 5.83. The third-order valence-electron chi connectivity index (χ3n) is 16.0. The van der Waals surface area contributed by atoms with Crippen molar-refractivity contribution in [1.82, 2.24) is 10.6 Å². The van der Waals surface area contributed by atoms with Crippen LogP contribution in [0.25, 0.3) is 0 Å². The van der Waals surface area contributed by atoms with Crippen LogP contribution in [0.2, 0.25) is 0 Å². The summed E-state index contributed by atoms with van der Waals surface area (Å²) in [6.45, 7) is -34.7. The molecule has 2 aliphatic rings. The third-order valence-corrected chi connectivity index (χ3v) is 16.0. The second-order valence-corrected chi connectivity index (χ2v) is 23.9. The molecule has 2 N–H and O–H groups in total. The van der Waals surface area contributed by atoms with Gasteiger partial charge in [-0.1, -0.05) is 187 Å². The topological polar surface area (TPSA) is 332 Å². The lowest BCUT2D eigenvalue weighted by molar-refractivity contribution is -0.325. The van der Waals surface area contributed by atoms with Gasteiger partial charge in [0, 0.05) is 112 Å². The van der Waals surface area contributed by atoms with E-state index in [1.54, 1.807) is 0 Å². The average Bonchev–Trinajstić information content (AvgIpc) is 0.772. The number of nitrogens with one attached hydrogen (secondary N) is 2. The van der Waals surface area contributed by atoms with Crippen LogP contribution in [-0.4, -0.2) is 171 Å². The molecule has 2 saturated heterocycles. The van der Waals surface area contributed by atoms with Gasteiger partial charge < -0.3 is 72.2 Å². The summed E-state index contributed by atoms with van der Waals surface area (Å²) in [5.74, 6) is -23.1. The lowest BCUT2D eigenvalue weighted by Gasteiger charge is -2.47. The molecule has 0 aliphatic carbocycles. The van der Waals surface area contributed by atoms with Gasteiger partial charge in [0.15, 0.2) is 55.3 Å². The van der Waals surface area contributed by atoms with Crippen molar-refractivity contribution in [3.63, 3.8) is 0 Å². The molecule has 2 heterocycles. The van der Waals surface area contributed by atoms with Crippen LogP contribution in [0.15, 0.2) is 12.2 Å². The van der Waals surface area contributed by atoms with Crippen molar-refractivity contribution in [3.05, 3.63) is 12.2 Å². The zero-order chi connectivity index (χ0) is 95.3. The van der Waals surface area contributed by atoms with Crippen molar-refractivity contribution in [2.24, 2.45) is 0 Å². The van der Waals surface area contributed by atoms with E-state index in [1.807, 2.05) is 0 Å². The standard InChI is InChI=1S/C72H120N2O24/c1-13-15-17-19-21-23-25-27-28-29-30-31-32-34-36-38-40-42-44-60(90-51(6)78)70(85)74-58(64(91-52(7)79)59(89-50(5)77)43-41-39-37-35-33-26-24-22-20-18-16-14-2)45-87-72-69(96-57(12)84)68(95-56(11)83)66(93-54(9)81)62(98-72)47-88-71-63(73-48(3)75)67(94-55(10)82)65(92-53(8)80)61(97-71)46-86-49(4)76/h39,41,58-69,71-72H,13-38,40,42-47H2,1-12H3,(H,73,75)(H,74,85)/b41-39+/t58-,59+,60+,61+,62+,63+,64-,65+,66+,67+,68-,69+,71+,72+/m0/s1/i4D3,5D3,6D3,7D3,8D3,9D3,10D3,11D3,12D3. The molecule has 562 valence electrons. The first-order valence-electron chi connectivity index (χ1n) is 47.3. The lowest BCUT2D eigenvalue weighted by Crippen LogP contribution is -2.67. The largest absolute Gasteiger partial charge is 0.463 e. The van der Waals surface area contributed by atoms with Gasteiger partial charge in [0.2, 0.25) is 5.91 Å². The van der Waals surface area contributed by atoms with Crippen molar-refractivity contribution in [3.8, 4) is 0 Å². The number of ether oxygens (including phenoxy) is 13. The third kappa shape index (κ3) is 38.9. The number of esters is 9. The molecule has 0 spiro atoms. The molecular weight excluding hydrogens is 1280 g/mol. The van der Waals surface area contributed by atoms with E-state index in [4.69, 9.17) is 98.6 Å². The van der Waals surface area contributed by atoms with E-state index >= 15 is 4.79 Å². The van der Waals surface area contributed by atoms with Gasteiger partial charge in [-0.15, -0.1) is 0 Å². The summed E-state index contributed by atoms with van der Waals surface area (Å²) in [7, 11) is 0. The molecule has 14 atom stereocenters. The number of hydrogen-bond donors (Lipinski definition) is 2. The number of amides is 2. The quantitative estimate of drug-likeness (QED) is 0.0247. The Labute approximate surface area is 619 Å². The van der Waals surface area contributed by atoms with Crippen LogP contribution < -0.4 is 10.6 Å². The molecule has 0 bridgehead atoms. The number of carbonyl (C=O) groups is 11. The Bertz CT molecular complexity index is 3380. The van der Waals surface area contributed by atoms with Gasteiger partial charge in [-0.2, -0.15) is 0 Å². The van der Waals surface area contributed by atoms with E-state index in [9.17, 15) is 47.9 Å². The molecule has 0 radical (unpaired) electrons. The number of unbranched alkanes of at least 4 members (excludes halogenated alkanes) is 26. The van der Waals surface area contributed by atoms with E-state index in [1.165, 1.54) is 57.1 Å². The van der Waals surface area contributed by atoms with Gasteiger partial charge in [0.1, 0.15) is 31.0 Å². The van der Waals surface area contributed by atoms with Crippen LogP contribution in [0.4, 0.5) is 0 Å². The molecule has 98 heavy (non-hydrogen) atoms. The number of allylic oxidation sites excluding steroid dienone is 1. The van der Waals surface area contributed by atoms with Crippen LogP contribution in [0.3, 0.4) is 0 Å². The Hall–Kier alpha value is -6.25. The zero-order valence-corrected chi connectivity index (χ0v) is 56.4. The Kier molecular flexibility index (Phi) is 27.9. The Morgan fingerprint density at radius 2 is 0.847 bits per heavy atom. The Balaban J connectivity index is 3.28. The fourth-order valence-electron chi connectivity index (χ4n) is 11.5. The summed E-state index contributed by atoms with van der Waals surface area (Å²) in [4.78, 5) is 151. The van der Waals surface area contributed by atoms with Crippen molar-refractivity contribution in [2.45, 2.75) is 361 Å². The van der Waals surface area contributed by atoms with Gasteiger partial charge >= 0.3 is 53.7 Å². The summed E-state index contributed by atoms with van der Waals surface area (Å²) in [6.07, 6.45) is -6.70. The molecule has 2 amide bonds. The Morgan fingerprint density at radius 1 is 0.429 bits per heavy atom. The molecule has 2 fully saturated rings. The predicted molar refractivity (Wildman–Crippen MR) is 359 cm³/mol. The second-order valence-electron chi connectivity index (χ2n) is 23.9. The Morgan fingerprint density at radius 3 is 1.35 bits per heavy atom. The highest BCUT2D eigenvalue weighted by Gasteiger charge is 2.55. The number of carbonyl (C=O) groups excluding carboxylic acids is 11. The van der Waals surface area contributed by atoms with Crippen LogP contribution in [0, 0.1) is 0 Å². The summed E-state index contributed by atoms with van der Waals surface area (Å²) in [5, 5.41) is 4.31. The van der Waals surface area contributed by atoms with E-state index < -0.39 is 246 Å². The number of rotatable bonds is 52. The fourth-order valence-corrected chi connectivity index (χ4v) is 11.5. The summed E-state index contributed by atoms with van der Waals surface area (Å²) in [6, 6.07) is -5.07. The SMILES string of the molecule is [2H]C([2H])([2H])C(=O)OC[C@H]1O[C@@H](OC[C@H]2O[C@@H](OC[C@H](NC(=O)[C@@H](CCCCCCCCCCCCCCCCCCCC)OC(=O)C([2H])([2H])[2H])[C@H](OC(=O)C([2H])([2H])[2H])[C@@H](C/C=C/CCCCCCCCCCC)OC(=O)C([2H])([2H])[2H])[C@H](OC(=O)C([2H])([2H])[2H])[C@@H](OC(=O)C([2H])([2H])[2H])[C@@H]2OC(=O)C([2H])([2H])[2H])[C@H](NC(C)=O)[C@@H](OC(=O)C([2H])([2H])[2H])[C@@H]1OC(=O)C([2H])([2H])[2H]. The van der Waals surface area contributed by atoms with Crippen molar-refractivity contribution in [2.75, 3.05) is 19.8 Å². The normalized spacial score (nSPS) is 27.1. The fraction of sp³-hybridized carbons (Fsp3) is 0.819. The first kappa shape index (κ1) is 52.7. The van der Waals surface area contributed by atoms with Crippen LogP contribution in [0.1, 0.15) is 312 Å². The first-order valence-corrected chi connectivity index (χ1v) is 33.8.